The van der Waals surface area contributed by atoms with Crippen molar-refractivity contribution in [2.75, 3.05) is 37.4 Å². The Morgan fingerprint density at radius 3 is 2.50 bits per heavy atom. The van der Waals surface area contributed by atoms with Gasteiger partial charge in [0.1, 0.15) is 11.5 Å². The third kappa shape index (κ3) is 4.46. The molecule has 0 amide bonds. The van der Waals surface area contributed by atoms with Gasteiger partial charge in [-0.2, -0.15) is 0 Å². The maximum absolute atomic E-state index is 6.10. The third-order valence-electron chi connectivity index (χ3n) is 3.11. The first kappa shape index (κ1) is 16.3. The number of ether oxygens (including phenoxy) is 2. The van der Waals surface area contributed by atoms with Gasteiger partial charge >= 0.3 is 0 Å². The predicted molar refractivity (Wildman–Crippen MR) is 92.6 cm³/mol. The van der Waals surface area contributed by atoms with E-state index in [2.05, 4.69) is 10.6 Å². The molecule has 2 aromatic carbocycles. The monoisotopic (exact) mass is 320 g/mol. The fourth-order valence-corrected chi connectivity index (χ4v) is 2.33. The lowest BCUT2D eigenvalue weighted by atomic mass is 10.3. The van der Waals surface area contributed by atoms with Gasteiger partial charge in [0.15, 0.2) is 0 Å². The Balaban J connectivity index is 1.83. The summed E-state index contributed by atoms with van der Waals surface area (Å²) < 4.78 is 10.7. The fraction of sp³-hybridized carbons (Fsp3) is 0.294. The summed E-state index contributed by atoms with van der Waals surface area (Å²) in [5.74, 6) is 1.55. The summed E-state index contributed by atoms with van der Waals surface area (Å²) in [6.07, 6.45) is 0. The van der Waals surface area contributed by atoms with Gasteiger partial charge < -0.3 is 20.1 Å². The number of para-hydroxylation sites is 2. The number of rotatable bonds is 8. The fourth-order valence-electron chi connectivity index (χ4n) is 2.07. The van der Waals surface area contributed by atoms with E-state index in [0.29, 0.717) is 17.4 Å². The molecule has 4 nitrogen and oxygen atoms in total. The summed E-state index contributed by atoms with van der Waals surface area (Å²) in [4.78, 5) is 0. The van der Waals surface area contributed by atoms with Crippen LogP contribution < -0.4 is 20.1 Å². The number of methoxy groups -OCH3 is 1. The SMILES string of the molecule is CCOc1ccccc1NCCNc1ccc(OC)c(Cl)c1. The highest BCUT2D eigenvalue weighted by molar-refractivity contribution is 6.32. The van der Waals surface area contributed by atoms with Crippen LogP contribution >= 0.6 is 11.6 Å². The molecule has 5 heteroatoms. The van der Waals surface area contributed by atoms with Crippen LogP contribution in [0.25, 0.3) is 0 Å². The molecule has 118 valence electrons. The van der Waals surface area contributed by atoms with E-state index in [-0.39, 0.29) is 0 Å². The molecule has 22 heavy (non-hydrogen) atoms. The second kappa shape index (κ2) is 8.39. The maximum Gasteiger partial charge on any atom is 0.142 e. The van der Waals surface area contributed by atoms with Crippen molar-refractivity contribution < 1.29 is 9.47 Å². The molecule has 0 spiro atoms. The van der Waals surface area contributed by atoms with E-state index >= 15 is 0 Å². The van der Waals surface area contributed by atoms with Crippen molar-refractivity contribution in [1.29, 1.82) is 0 Å². The van der Waals surface area contributed by atoms with Crippen molar-refractivity contribution in [3.63, 3.8) is 0 Å². The number of benzene rings is 2. The van der Waals surface area contributed by atoms with Crippen molar-refractivity contribution >= 4 is 23.0 Å². The first-order valence-corrected chi connectivity index (χ1v) is 7.65. The molecular weight excluding hydrogens is 300 g/mol. The molecule has 0 radical (unpaired) electrons. The zero-order valence-corrected chi connectivity index (χ0v) is 13.6. The van der Waals surface area contributed by atoms with Crippen molar-refractivity contribution in [3.05, 3.63) is 47.5 Å². The highest BCUT2D eigenvalue weighted by atomic mass is 35.5. The Morgan fingerprint density at radius 2 is 1.77 bits per heavy atom. The lowest BCUT2D eigenvalue weighted by Crippen LogP contribution is -2.14. The van der Waals surface area contributed by atoms with E-state index in [1.165, 1.54) is 0 Å². The summed E-state index contributed by atoms with van der Waals surface area (Å²) in [6, 6.07) is 13.6. The van der Waals surface area contributed by atoms with Gasteiger partial charge in [0.25, 0.3) is 0 Å². The van der Waals surface area contributed by atoms with Gasteiger partial charge in [-0.3, -0.25) is 0 Å². The van der Waals surface area contributed by atoms with Crippen LogP contribution in [-0.2, 0) is 0 Å². The van der Waals surface area contributed by atoms with Gasteiger partial charge in [-0.25, -0.2) is 0 Å². The Morgan fingerprint density at radius 1 is 1.00 bits per heavy atom. The topological polar surface area (TPSA) is 42.5 Å². The molecule has 2 N–H and O–H groups in total. The van der Waals surface area contributed by atoms with Crippen molar-refractivity contribution in [3.8, 4) is 11.5 Å². The summed E-state index contributed by atoms with van der Waals surface area (Å²) in [7, 11) is 1.61. The summed E-state index contributed by atoms with van der Waals surface area (Å²) in [5, 5.41) is 7.27. The second-order valence-corrected chi connectivity index (χ2v) is 5.04. The summed E-state index contributed by atoms with van der Waals surface area (Å²) in [5.41, 5.74) is 1.96. The van der Waals surface area contributed by atoms with E-state index in [1.54, 1.807) is 7.11 Å². The summed E-state index contributed by atoms with van der Waals surface area (Å²) in [6.45, 7) is 4.17. The van der Waals surface area contributed by atoms with E-state index in [0.717, 1.165) is 30.2 Å². The Hall–Kier alpha value is -2.07. The highest BCUT2D eigenvalue weighted by Gasteiger charge is 2.03. The molecule has 0 fully saturated rings. The Labute approximate surface area is 136 Å². The second-order valence-electron chi connectivity index (χ2n) is 4.63. The van der Waals surface area contributed by atoms with E-state index in [4.69, 9.17) is 21.1 Å². The largest absolute Gasteiger partial charge is 0.495 e. The molecule has 0 saturated carbocycles. The van der Waals surface area contributed by atoms with Crippen LogP contribution in [0.15, 0.2) is 42.5 Å². The van der Waals surface area contributed by atoms with E-state index in [1.807, 2.05) is 49.4 Å². The molecule has 0 unspecified atom stereocenters. The molecule has 2 rings (SSSR count). The van der Waals surface area contributed by atoms with Crippen LogP contribution in [0.2, 0.25) is 5.02 Å². The van der Waals surface area contributed by atoms with Crippen LogP contribution in [0.5, 0.6) is 11.5 Å². The van der Waals surface area contributed by atoms with Crippen LogP contribution in [0.3, 0.4) is 0 Å². The smallest absolute Gasteiger partial charge is 0.142 e. The van der Waals surface area contributed by atoms with Gasteiger partial charge in [-0.05, 0) is 37.3 Å². The van der Waals surface area contributed by atoms with Crippen molar-refractivity contribution in [2.24, 2.45) is 0 Å². The van der Waals surface area contributed by atoms with E-state index < -0.39 is 0 Å². The quantitative estimate of drug-likeness (QED) is 0.713. The normalized spacial score (nSPS) is 10.1. The van der Waals surface area contributed by atoms with E-state index in [9.17, 15) is 0 Å². The highest BCUT2D eigenvalue weighted by Crippen LogP contribution is 2.27. The molecule has 0 atom stereocenters. The van der Waals surface area contributed by atoms with Crippen LogP contribution in [0.1, 0.15) is 6.92 Å². The van der Waals surface area contributed by atoms with Crippen molar-refractivity contribution in [1.82, 2.24) is 0 Å². The molecule has 0 bridgehead atoms. The van der Waals surface area contributed by atoms with Gasteiger partial charge in [0, 0.05) is 18.8 Å². The van der Waals surface area contributed by atoms with Crippen molar-refractivity contribution in [2.45, 2.75) is 6.92 Å². The average molecular weight is 321 g/mol. The lowest BCUT2D eigenvalue weighted by molar-refractivity contribution is 0.342. The number of halogens is 1. The first-order valence-electron chi connectivity index (χ1n) is 7.27. The number of anilines is 2. The maximum atomic E-state index is 6.10. The molecule has 0 aliphatic heterocycles. The van der Waals surface area contributed by atoms with Gasteiger partial charge in [-0.1, -0.05) is 23.7 Å². The number of nitrogens with one attached hydrogen (secondary N) is 2. The van der Waals surface area contributed by atoms with Crippen LogP contribution in [0.4, 0.5) is 11.4 Å². The predicted octanol–water partition coefficient (Wildman–Crippen LogP) is 4.27. The summed E-state index contributed by atoms with van der Waals surface area (Å²) >= 11 is 6.10. The van der Waals surface area contributed by atoms with Gasteiger partial charge in [0.2, 0.25) is 0 Å². The minimum atomic E-state index is 0.599. The zero-order valence-electron chi connectivity index (χ0n) is 12.9. The molecule has 0 heterocycles. The minimum absolute atomic E-state index is 0.599. The standard InChI is InChI=1S/C17H21ClN2O2/c1-3-22-17-7-5-4-6-15(17)20-11-10-19-13-8-9-16(21-2)14(18)12-13/h4-9,12,19-20H,3,10-11H2,1-2H3. The molecule has 0 aromatic heterocycles. The molecule has 0 aliphatic carbocycles. The first-order chi connectivity index (χ1) is 10.7. The minimum Gasteiger partial charge on any atom is -0.495 e. The lowest BCUT2D eigenvalue weighted by Gasteiger charge is -2.13. The number of hydrogen-bond acceptors (Lipinski definition) is 4. The number of hydrogen-bond donors (Lipinski definition) is 2. The Kier molecular flexibility index (Phi) is 6.22. The van der Waals surface area contributed by atoms with Crippen LogP contribution in [0, 0.1) is 0 Å². The molecule has 0 saturated heterocycles. The molecule has 0 aliphatic rings. The average Bonchev–Trinajstić information content (AvgIpc) is 2.53. The molecular formula is C17H21ClN2O2. The van der Waals surface area contributed by atoms with Crippen LogP contribution in [-0.4, -0.2) is 26.8 Å². The zero-order chi connectivity index (χ0) is 15.8. The third-order valence-corrected chi connectivity index (χ3v) is 3.40. The molecule has 2 aromatic rings. The van der Waals surface area contributed by atoms with Gasteiger partial charge in [-0.15, -0.1) is 0 Å². The van der Waals surface area contributed by atoms with Gasteiger partial charge in [0.05, 0.1) is 24.4 Å². The Bertz CT molecular complexity index is 605.